The van der Waals surface area contributed by atoms with E-state index in [0.717, 1.165) is 0 Å². The van der Waals surface area contributed by atoms with E-state index in [4.69, 9.17) is 9.26 Å². The number of aryl methyl sites for hydroxylation is 1. The fourth-order valence-corrected chi connectivity index (χ4v) is 2.32. The van der Waals surface area contributed by atoms with Crippen LogP contribution in [0.3, 0.4) is 0 Å². The topological polar surface area (TPSA) is 77.2 Å². The number of amides is 1. The molecule has 1 amide bonds. The number of methoxy groups -OCH3 is 1. The maximum absolute atomic E-state index is 13.5. The van der Waals surface area contributed by atoms with Crippen LogP contribution in [0.25, 0.3) is 0 Å². The standard InChI is InChI=1S/C18H24FN3O3/c1-11(13-10-12(19)6-7-14(13)24-5)20-15(23)8-9-16-21-17(22-25-16)18(2,3)4/h6-7,10-11H,8-9H2,1-5H3,(H,20,23)/t11-/m0/s1. The lowest BCUT2D eigenvalue weighted by Gasteiger charge is -2.17. The molecule has 0 unspecified atom stereocenters. The third-order valence-corrected chi connectivity index (χ3v) is 3.74. The summed E-state index contributed by atoms with van der Waals surface area (Å²) in [5.41, 5.74) is 0.385. The van der Waals surface area contributed by atoms with Crippen molar-refractivity contribution in [2.24, 2.45) is 0 Å². The van der Waals surface area contributed by atoms with Gasteiger partial charge in [0.05, 0.1) is 13.2 Å². The zero-order valence-electron chi connectivity index (χ0n) is 15.2. The number of halogens is 1. The predicted molar refractivity (Wildman–Crippen MR) is 90.8 cm³/mol. The van der Waals surface area contributed by atoms with Gasteiger partial charge in [-0.05, 0) is 25.1 Å². The Labute approximate surface area is 146 Å². The first kappa shape index (κ1) is 18.9. The first-order valence-electron chi connectivity index (χ1n) is 8.16. The number of nitrogens with zero attached hydrogens (tertiary/aromatic N) is 2. The SMILES string of the molecule is COc1ccc(F)cc1[C@H](C)NC(=O)CCc1nc(C(C)(C)C)no1. The Morgan fingerprint density at radius 1 is 1.40 bits per heavy atom. The first-order valence-corrected chi connectivity index (χ1v) is 8.16. The molecule has 0 aliphatic carbocycles. The Bertz CT molecular complexity index is 737. The number of nitrogens with one attached hydrogen (secondary N) is 1. The molecule has 1 atom stereocenters. The molecule has 0 aliphatic rings. The summed E-state index contributed by atoms with van der Waals surface area (Å²) in [7, 11) is 1.51. The molecule has 1 aromatic heterocycles. The molecule has 0 saturated carbocycles. The Kier molecular flexibility index (Phi) is 5.77. The van der Waals surface area contributed by atoms with Crippen LogP contribution in [0.1, 0.15) is 57.4 Å². The highest BCUT2D eigenvalue weighted by atomic mass is 19.1. The number of carbonyl (C=O) groups excluding carboxylic acids is 1. The van der Waals surface area contributed by atoms with E-state index in [1.54, 1.807) is 13.0 Å². The maximum atomic E-state index is 13.5. The van der Waals surface area contributed by atoms with Crippen molar-refractivity contribution in [2.75, 3.05) is 7.11 Å². The van der Waals surface area contributed by atoms with Gasteiger partial charge in [-0.25, -0.2) is 4.39 Å². The highest BCUT2D eigenvalue weighted by molar-refractivity contribution is 5.76. The van der Waals surface area contributed by atoms with Crippen molar-refractivity contribution in [2.45, 2.75) is 52.0 Å². The fourth-order valence-electron chi connectivity index (χ4n) is 2.32. The van der Waals surface area contributed by atoms with Gasteiger partial charge in [-0.2, -0.15) is 4.98 Å². The van der Waals surface area contributed by atoms with Crippen LogP contribution in [-0.2, 0) is 16.6 Å². The van der Waals surface area contributed by atoms with E-state index < -0.39 is 0 Å². The third-order valence-electron chi connectivity index (χ3n) is 3.74. The molecule has 1 aromatic carbocycles. The van der Waals surface area contributed by atoms with Gasteiger partial charge in [0.1, 0.15) is 11.6 Å². The molecular weight excluding hydrogens is 325 g/mol. The molecule has 0 saturated heterocycles. The third kappa shape index (κ3) is 5.01. The van der Waals surface area contributed by atoms with Crippen molar-refractivity contribution in [3.8, 4) is 5.75 Å². The summed E-state index contributed by atoms with van der Waals surface area (Å²) in [6.45, 7) is 7.74. The van der Waals surface area contributed by atoms with Gasteiger partial charge < -0.3 is 14.6 Å². The molecule has 0 aliphatic heterocycles. The summed E-state index contributed by atoms with van der Waals surface area (Å²) in [6, 6.07) is 3.84. The molecule has 7 heteroatoms. The van der Waals surface area contributed by atoms with Gasteiger partial charge in [-0.15, -0.1) is 0 Å². The quantitative estimate of drug-likeness (QED) is 0.865. The van der Waals surface area contributed by atoms with Gasteiger partial charge in [-0.3, -0.25) is 4.79 Å². The molecule has 1 N–H and O–H groups in total. The van der Waals surface area contributed by atoms with Crippen molar-refractivity contribution in [3.05, 3.63) is 41.3 Å². The van der Waals surface area contributed by atoms with E-state index in [0.29, 0.717) is 29.4 Å². The highest BCUT2D eigenvalue weighted by Gasteiger charge is 2.21. The van der Waals surface area contributed by atoms with Crippen molar-refractivity contribution in [1.82, 2.24) is 15.5 Å². The number of hydrogen-bond donors (Lipinski definition) is 1. The van der Waals surface area contributed by atoms with Gasteiger partial charge in [0.2, 0.25) is 11.8 Å². The summed E-state index contributed by atoms with van der Waals surface area (Å²) in [6.07, 6.45) is 0.551. The molecular formula is C18H24FN3O3. The monoisotopic (exact) mass is 349 g/mol. The van der Waals surface area contributed by atoms with Gasteiger partial charge in [0, 0.05) is 23.8 Å². The largest absolute Gasteiger partial charge is 0.496 e. The maximum Gasteiger partial charge on any atom is 0.227 e. The average molecular weight is 349 g/mol. The molecule has 2 aromatic rings. The lowest BCUT2D eigenvalue weighted by atomic mass is 9.96. The molecule has 136 valence electrons. The Balaban J connectivity index is 1.94. The highest BCUT2D eigenvalue weighted by Crippen LogP contribution is 2.26. The normalized spacial score (nSPS) is 12.7. The summed E-state index contributed by atoms with van der Waals surface area (Å²) >= 11 is 0. The van der Waals surface area contributed by atoms with E-state index in [-0.39, 0.29) is 29.6 Å². The number of ether oxygens (including phenoxy) is 1. The molecule has 0 bridgehead atoms. The summed E-state index contributed by atoms with van der Waals surface area (Å²) in [5, 5.41) is 6.76. The minimum absolute atomic E-state index is 0.186. The van der Waals surface area contributed by atoms with E-state index in [9.17, 15) is 9.18 Å². The number of benzene rings is 1. The van der Waals surface area contributed by atoms with Crippen molar-refractivity contribution in [3.63, 3.8) is 0 Å². The second kappa shape index (κ2) is 7.63. The zero-order chi connectivity index (χ0) is 18.6. The minimum Gasteiger partial charge on any atom is -0.496 e. The van der Waals surface area contributed by atoms with Crippen molar-refractivity contribution < 1.29 is 18.4 Å². The van der Waals surface area contributed by atoms with E-state index in [2.05, 4.69) is 15.5 Å². The Morgan fingerprint density at radius 2 is 2.12 bits per heavy atom. The second-order valence-electron chi connectivity index (χ2n) is 6.94. The number of aromatic nitrogens is 2. The average Bonchev–Trinajstić information content (AvgIpc) is 3.02. The van der Waals surface area contributed by atoms with E-state index >= 15 is 0 Å². The van der Waals surface area contributed by atoms with Crippen LogP contribution in [0.15, 0.2) is 22.7 Å². The van der Waals surface area contributed by atoms with Gasteiger partial charge >= 0.3 is 0 Å². The van der Waals surface area contributed by atoms with E-state index in [1.165, 1.54) is 19.2 Å². The summed E-state index contributed by atoms with van der Waals surface area (Å²) < 4.78 is 23.8. The zero-order valence-corrected chi connectivity index (χ0v) is 15.2. The minimum atomic E-state index is -0.383. The first-order chi connectivity index (χ1) is 11.7. The van der Waals surface area contributed by atoms with Crippen LogP contribution < -0.4 is 10.1 Å². The number of rotatable bonds is 6. The molecule has 0 radical (unpaired) electrons. The molecule has 0 fully saturated rings. The van der Waals surface area contributed by atoms with Crippen LogP contribution in [-0.4, -0.2) is 23.2 Å². The number of hydrogen-bond acceptors (Lipinski definition) is 5. The molecule has 6 nitrogen and oxygen atoms in total. The molecule has 25 heavy (non-hydrogen) atoms. The molecule has 2 rings (SSSR count). The smallest absolute Gasteiger partial charge is 0.227 e. The van der Waals surface area contributed by atoms with Crippen LogP contribution in [0.5, 0.6) is 5.75 Å². The summed E-state index contributed by atoms with van der Waals surface area (Å²) in [5.74, 6) is 1.00. The molecule has 1 heterocycles. The fraction of sp³-hybridized carbons (Fsp3) is 0.500. The Morgan fingerprint density at radius 3 is 2.72 bits per heavy atom. The van der Waals surface area contributed by atoms with E-state index in [1.807, 2.05) is 20.8 Å². The van der Waals surface area contributed by atoms with Crippen LogP contribution in [0.4, 0.5) is 4.39 Å². The molecule has 0 spiro atoms. The van der Waals surface area contributed by atoms with Gasteiger partial charge in [-0.1, -0.05) is 25.9 Å². The number of carbonyl (C=O) groups is 1. The van der Waals surface area contributed by atoms with Crippen molar-refractivity contribution in [1.29, 1.82) is 0 Å². The van der Waals surface area contributed by atoms with Crippen LogP contribution in [0, 0.1) is 5.82 Å². The summed E-state index contributed by atoms with van der Waals surface area (Å²) in [4.78, 5) is 16.5. The lowest BCUT2D eigenvalue weighted by Crippen LogP contribution is -2.27. The van der Waals surface area contributed by atoms with Crippen LogP contribution >= 0.6 is 0 Å². The van der Waals surface area contributed by atoms with Crippen LogP contribution in [0.2, 0.25) is 0 Å². The van der Waals surface area contributed by atoms with Gasteiger partial charge in [0.15, 0.2) is 5.82 Å². The predicted octanol–water partition coefficient (Wildman–Crippen LogP) is 3.32. The van der Waals surface area contributed by atoms with Gasteiger partial charge in [0.25, 0.3) is 0 Å². The second-order valence-corrected chi connectivity index (χ2v) is 6.94. The van der Waals surface area contributed by atoms with Crippen molar-refractivity contribution >= 4 is 5.91 Å². The Hall–Kier alpha value is -2.44. The lowest BCUT2D eigenvalue weighted by molar-refractivity contribution is -0.121.